The highest BCUT2D eigenvalue weighted by Gasteiger charge is 2.19. The number of hydrogen-bond acceptors (Lipinski definition) is 3. The van der Waals surface area contributed by atoms with Gasteiger partial charge in [-0.3, -0.25) is 0 Å². The molecule has 0 spiro atoms. The van der Waals surface area contributed by atoms with Crippen molar-refractivity contribution >= 4 is 5.69 Å². The van der Waals surface area contributed by atoms with Gasteiger partial charge in [-0.15, -0.1) is 0 Å². The molecule has 1 aliphatic heterocycles. The molecule has 1 aliphatic rings. The first-order chi connectivity index (χ1) is 8.61. The van der Waals surface area contributed by atoms with E-state index in [2.05, 4.69) is 30.0 Å². The van der Waals surface area contributed by atoms with Crippen molar-refractivity contribution in [3.05, 3.63) is 29.3 Å². The van der Waals surface area contributed by atoms with E-state index in [-0.39, 0.29) is 12.6 Å². The molecule has 100 valence electrons. The smallest absolute Gasteiger partial charge is 0.0473 e. The summed E-state index contributed by atoms with van der Waals surface area (Å²) >= 11 is 0. The van der Waals surface area contributed by atoms with E-state index < -0.39 is 0 Å². The molecule has 0 fully saturated rings. The summed E-state index contributed by atoms with van der Waals surface area (Å²) in [6.07, 6.45) is 2.33. The molecule has 1 aromatic carbocycles. The average molecular weight is 248 g/mol. The fraction of sp³-hybridized carbons (Fsp3) is 0.600. The van der Waals surface area contributed by atoms with Gasteiger partial charge in [0.25, 0.3) is 0 Å². The first-order valence-corrected chi connectivity index (χ1v) is 6.86. The van der Waals surface area contributed by atoms with Crippen molar-refractivity contribution in [1.29, 1.82) is 0 Å². The molecule has 18 heavy (non-hydrogen) atoms. The van der Waals surface area contributed by atoms with Gasteiger partial charge in [0.05, 0.1) is 0 Å². The molecule has 0 radical (unpaired) electrons. The number of anilines is 1. The van der Waals surface area contributed by atoms with Crippen LogP contribution in [0.3, 0.4) is 0 Å². The zero-order valence-electron chi connectivity index (χ0n) is 11.4. The number of aliphatic hydroxyl groups excluding tert-OH is 1. The van der Waals surface area contributed by atoms with Gasteiger partial charge in [0.15, 0.2) is 0 Å². The van der Waals surface area contributed by atoms with E-state index in [1.807, 2.05) is 6.92 Å². The average Bonchev–Trinajstić information content (AvgIpc) is 2.38. The summed E-state index contributed by atoms with van der Waals surface area (Å²) in [5.41, 5.74) is 9.88. The monoisotopic (exact) mass is 248 g/mol. The highest BCUT2D eigenvalue weighted by atomic mass is 16.3. The highest BCUT2D eigenvalue weighted by Crippen LogP contribution is 2.29. The Hall–Kier alpha value is -1.06. The van der Waals surface area contributed by atoms with Crippen LogP contribution in [0.2, 0.25) is 0 Å². The second-order valence-corrected chi connectivity index (χ2v) is 5.51. The van der Waals surface area contributed by atoms with Crippen molar-refractivity contribution in [3.63, 3.8) is 0 Å². The Bertz CT molecular complexity index is 403. The van der Waals surface area contributed by atoms with Crippen LogP contribution in [0.15, 0.2) is 18.2 Å². The van der Waals surface area contributed by atoms with Crippen LogP contribution >= 0.6 is 0 Å². The van der Waals surface area contributed by atoms with Crippen LogP contribution in [-0.4, -0.2) is 24.8 Å². The Morgan fingerprint density at radius 3 is 2.83 bits per heavy atom. The quantitative estimate of drug-likeness (QED) is 0.858. The van der Waals surface area contributed by atoms with E-state index in [1.54, 1.807) is 0 Å². The third-order valence-electron chi connectivity index (χ3n) is 3.69. The molecule has 2 atom stereocenters. The first-order valence-electron chi connectivity index (χ1n) is 6.86. The summed E-state index contributed by atoms with van der Waals surface area (Å²) in [5.74, 6) is 0.323. The summed E-state index contributed by atoms with van der Waals surface area (Å²) in [6, 6.07) is 6.67. The number of benzene rings is 1. The van der Waals surface area contributed by atoms with Crippen molar-refractivity contribution in [3.8, 4) is 0 Å². The van der Waals surface area contributed by atoms with Gasteiger partial charge in [0, 0.05) is 31.4 Å². The number of hydrogen-bond donors (Lipinski definition) is 2. The van der Waals surface area contributed by atoms with Gasteiger partial charge in [-0.2, -0.15) is 0 Å². The van der Waals surface area contributed by atoms with Crippen LogP contribution in [0, 0.1) is 5.92 Å². The van der Waals surface area contributed by atoms with Gasteiger partial charge < -0.3 is 15.7 Å². The van der Waals surface area contributed by atoms with Gasteiger partial charge in [0.1, 0.15) is 0 Å². The Kier molecular flexibility index (Phi) is 4.25. The lowest BCUT2D eigenvalue weighted by Crippen LogP contribution is -2.34. The van der Waals surface area contributed by atoms with Crippen LogP contribution in [-0.2, 0) is 6.42 Å². The first kappa shape index (κ1) is 13.4. The molecule has 2 rings (SSSR count). The molecule has 0 saturated heterocycles. The van der Waals surface area contributed by atoms with Crippen LogP contribution in [0.25, 0.3) is 0 Å². The van der Waals surface area contributed by atoms with Crippen LogP contribution in [0.5, 0.6) is 0 Å². The van der Waals surface area contributed by atoms with Crippen LogP contribution in [0.1, 0.15) is 37.4 Å². The molecular weight excluding hydrogens is 224 g/mol. The number of fused-ring (bicyclic) bond motifs is 1. The van der Waals surface area contributed by atoms with E-state index in [9.17, 15) is 5.11 Å². The summed E-state index contributed by atoms with van der Waals surface area (Å²) in [6.45, 7) is 6.39. The van der Waals surface area contributed by atoms with Crippen molar-refractivity contribution in [2.75, 3.05) is 24.6 Å². The molecule has 1 heterocycles. The van der Waals surface area contributed by atoms with E-state index in [1.165, 1.54) is 23.2 Å². The highest BCUT2D eigenvalue weighted by molar-refractivity contribution is 5.57. The summed E-state index contributed by atoms with van der Waals surface area (Å²) < 4.78 is 0. The largest absolute Gasteiger partial charge is 0.396 e. The standard InChI is InChI=1S/C15H24N2O/c1-11(10-18)9-17-7-3-4-14-8-13(12(2)16)5-6-15(14)17/h5-6,8,11-12,18H,3-4,7,9-10,16H2,1-2H3. The molecule has 3 nitrogen and oxygen atoms in total. The number of rotatable bonds is 4. The fourth-order valence-corrected chi connectivity index (χ4v) is 2.60. The predicted molar refractivity (Wildman–Crippen MR) is 75.8 cm³/mol. The summed E-state index contributed by atoms with van der Waals surface area (Å²) in [7, 11) is 0. The van der Waals surface area contributed by atoms with Crippen LogP contribution < -0.4 is 10.6 Å². The van der Waals surface area contributed by atoms with Gasteiger partial charge in [0.2, 0.25) is 0 Å². The van der Waals surface area contributed by atoms with Crippen molar-refractivity contribution in [1.82, 2.24) is 0 Å². The Morgan fingerprint density at radius 1 is 1.39 bits per heavy atom. The van der Waals surface area contributed by atoms with Gasteiger partial charge in [-0.05, 0) is 42.9 Å². The molecule has 3 heteroatoms. The predicted octanol–water partition coefficient (Wildman–Crippen LogP) is 2.09. The molecule has 1 aromatic rings. The fourth-order valence-electron chi connectivity index (χ4n) is 2.60. The van der Waals surface area contributed by atoms with Gasteiger partial charge in [-0.1, -0.05) is 19.1 Å². The lowest BCUT2D eigenvalue weighted by molar-refractivity contribution is 0.239. The number of nitrogens with two attached hydrogens (primary N) is 1. The lowest BCUT2D eigenvalue weighted by Gasteiger charge is -2.33. The van der Waals surface area contributed by atoms with Crippen molar-refractivity contribution < 1.29 is 5.11 Å². The van der Waals surface area contributed by atoms with Crippen molar-refractivity contribution in [2.24, 2.45) is 11.7 Å². The molecule has 2 unspecified atom stereocenters. The van der Waals surface area contributed by atoms with Crippen LogP contribution in [0.4, 0.5) is 5.69 Å². The molecule has 0 bridgehead atoms. The maximum absolute atomic E-state index is 9.19. The number of aryl methyl sites for hydroxylation is 1. The van der Waals surface area contributed by atoms with Gasteiger partial charge in [-0.25, -0.2) is 0 Å². The third kappa shape index (κ3) is 2.85. The Labute approximate surface area is 110 Å². The second kappa shape index (κ2) is 5.72. The van der Waals surface area contributed by atoms with E-state index in [4.69, 9.17) is 5.73 Å². The molecule has 3 N–H and O–H groups in total. The second-order valence-electron chi connectivity index (χ2n) is 5.51. The molecule has 0 saturated carbocycles. The minimum absolute atomic E-state index is 0.0991. The molecule has 0 aliphatic carbocycles. The Morgan fingerprint density at radius 2 is 2.17 bits per heavy atom. The summed E-state index contributed by atoms with van der Waals surface area (Å²) in [5, 5.41) is 9.19. The molecule has 0 amide bonds. The van der Waals surface area contributed by atoms with E-state index in [0.717, 1.165) is 19.5 Å². The molecular formula is C15H24N2O. The van der Waals surface area contributed by atoms with Gasteiger partial charge >= 0.3 is 0 Å². The molecule has 0 aromatic heterocycles. The zero-order valence-corrected chi connectivity index (χ0v) is 11.4. The SMILES string of the molecule is CC(CO)CN1CCCc2cc(C(C)N)ccc21. The normalized spacial score (nSPS) is 18.3. The topological polar surface area (TPSA) is 49.5 Å². The maximum Gasteiger partial charge on any atom is 0.0473 e. The number of nitrogens with zero attached hydrogens (tertiary/aromatic N) is 1. The third-order valence-corrected chi connectivity index (χ3v) is 3.69. The number of aliphatic hydroxyl groups is 1. The lowest BCUT2D eigenvalue weighted by atomic mass is 9.96. The summed E-state index contributed by atoms with van der Waals surface area (Å²) in [4.78, 5) is 2.39. The van der Waals surface area contributed by atoms with E-state index >= 15 is 0 Å². The van der Waals surface area contributed by atoms with Crippen molar-refractivity contribution in [2.45, 2.75) is 32.7 Å². The Balaban J connectivity index is 2.21. The maximum atomic E-state index is 9.19. The van der Waals surface area contributed by atoms with E-state index in [0.29, 0.717) is 5.92 Å². The minimum atomic E-state index is 0.0991. The zero-order chi connectivity index (χ0) is 13.1. The minimum Gasteiger partial charge on any atom is -0.396 e.